The minimum absolute atomic E-state index is 0.210. The number of nitrogens with one attached hydrogen (secondary N) is 1. The van der Waals surface area contributed by atoms with Crippen molar-refractivity contribution in [3.8, 4) is 0 Å². The van der Waals surface area contributed by atoms with Crippen LogP contribution in [0.15, 0.2) is 35.4 Å². The first-order valence-corrected chi connectivity index (χ1v) is 7.74. The number of methoxy groups -OCH3 is 1. The van der Waals surface area contributed by atoms with Crippen LogP contribution in [0.2, 0.25) is 0 Å². The van der Waals surface area contributed by atoms with Crippen LogP contribution in [-0.4, -0.2) is 18.7 Å². The van der Waals surface area contributed by atoms with Crippen molar-refractivity contribution in [2.75, 3.05) is 7.11 Å². The second-order valence-electron chi connectivity index (χ2n) is 5.45. The molecule has 1 saturated carbocycles. The zero-order chi connectivity index (χ0) is 14.9. The molecule has 114 valence electrons. The number of hydrogen-bond acceptors (Lipinski definition) is 3. The minimum Gasteiger partial charge on any atom is -0.367 e. The highest BCUT2D eigenvalue weighted by atomic mass is 16.5. The third-order valence-corrected chi connectivity index (χ3v) is 3.83. The third kappa shape index (κ3) is 4.97. The second kappa shape index (κ2) is 8.57. The highest BCUT2D eigenvalue weighted by molar-refractivity contribution is 5.87. The van der Waals surface area contributed by atoms with E-state index in [0.717, 1.165) is 24.1 Å². The van der Waals surface area contributed by atoms with Gasteiger partial charge in [-0.05, 0) is 31.2 Å². The summed E-state index contributed by atoms with van der Waals surface area (Å²) in [5.74, 6) is -0.210. The summed E-state index contributed by atoms with van der Waals surface area (Å²) in [6.07, 6.45) is 7.55. The van der Waals surface area contributed by atoms with Crippen LogP contribution in [-0.2, 0) is 9.53 Å². The maximum absolute atomic E-state index is 12.2. The number of hydrazone groups is 1. The molecule has 1 aliphatic rings. The van der Waals surface area contributed by atoms with E-state index in [1.165, 1.54) is 32.1 Å². The van der Waals surface area contributed by atoms with E-state index in [2.05, 4.69) is 10.5 Å². The van der Waals surface area contributed by atoms with E-state index in [-0.39, 0.29) is 5.91 Å². The molecule has 1 amide bonds. The van der Waals surface area contributed by atoms with Crippen molar-refractivity contribution in [3.63, 3.8) is 0 Å². The average Bonchev–Trinajstić information content (AvgIpc) is 2.48. The number of carbonyl (C=O) groups is 1. The summed E-state index contributed by atoms with van der Waals surface area (Å²) in [4.78, 5) is 12.2. The summed E-state index contributed by atoms with van der Waals surface area (Å²) < 4.78 is 5.30. The molecule has 0 aliphatic heterocycles. The molecule has 2 rings (SSSR count). The van der Waals surface area contributed by atoms with Gasteiger partial charge in [-0.2, -0.15) is 5.10 Å². The van der Waals surface area contributed by atoms with E-state index < -0.39 is 6.10 Å². The summed E-state index contributed by atoms with van der Waals surface area (Å²) >= 11 is 0. The number of benzene rings is 1. The summed E-state index contributed by atoms with van der Waals surface area (Å²) in [6, 6.07) is 9.49. The molecule has 0 unspecified atom stereocenters. The minimum atomic E-state index is -0.607. The Bertz CT molecular complexity index is 461. The van der Waals surface area contributed by atoms with Crippen LogP contribution in [0.25, 0.3) is 0 Å². The number of nitrogens with zero attached hydrogens (tertiary/aromatic N) is 1. The first-order valence-electron chi connectivity index (χ1n) is 7.74. The van der Waals surface area contributed by atoms with Gasteiger partial charge in [0.2, 0.25) is 0 Å². The first-order chi connectivity index (χ1) is 10.3. The maximum Gasteiger partial charge on any atom is 0.273 e. The molecule has 0 saturated heterocycles. The predicted octanol–water partition coefficient (Wildman–Crippen LogP) is 3.59. The molecule has 1 aliphatic carbocycles. The molecule has 21 heavy (non-hydrogen) atoms. The van der Waals surface area contributed by atoms with E-state index in [1.54, 1.807) is 7.11 Å². The fourth-order valence-corrected chi connectivity index (χ4v) is 2.64. The molecule has 1 aromatic rings. The lowest BCUT2D eigenvalue weighted by atomic mass is 9.99. The largest absolute Gasteiger partial charge is 0.367 e. The number of ether oxygens (including phenoxy) is 1. The zero-order valence-electron chi connectivity index (χ0n) is 12.7. The van der Waals surface area contributed by atoms with Gasteiger partial charge in [-0.25, -0.2) is 5.43 Å². The van der Waals surface area contributed by atoms with Gasteiger partial charge in [0, 0.05) is 12.8 Å². The fraction of sp³-hybridized carbons (Fsp3) is 0.529. The molecular formula is C17H24N2O2. The summed E-state index contributed by atoms with van der Waals surface area (Å²) in [6.45, 7) is 0. The molecule has 4 heteroatoms. The molecule has 0 radical (unpaired) electrons. The van der Waals surface area contributed by atoms with Crippen LogP contribution >= 0.6 is 0 Å². The summed E-state index contributed by atoms with van der Waals surface area (Å²) in [7, 11) is 1.54. The molecular weight excluding hydrogens is 264 g/mol. The normalized spacial score (nSPS) is 17.5. The summed E-state index contributed by atoms with van der Waals surface area (Å²) in [5.41, 5.74) is 4.62. The van der Waals surface area contributed by atoms with Gasteiger partial charge in [-0.15, -0.1) is 0 Å². The predicted molar refractivity (Wildman–Crippen MR) is 84.1 cm³/mol. The third-order valence-electron chi connectivity index (χ3n) is 3.83. The van der Waals surface area contributed by atoms with Crippen LogP contribution in [0.3, 0.4) is 0 Å². The van der Waals surface area contributed by atoms with Gasteiger partial charge in [-0.3, -0.25) is 4.79 Å². The van der Waals surface area contributed by atoms with Crippen molar-refractivity contribution in [2.24, 2.45) is 5.10 Å². The topological polar surface area (TPSA) is 50.7 Å². The zero-order valence-corrected chi connectivity index (χ0v) is 12.7. The lowest BCUT2D eigenvalue weighted by Crippen LogP contribution is -2.27. The molecule has 1 N–H and O–H groups in total. The highest BCUT2D eigenvalue weighted by Gasteiger charge is 2.19. The van der Waals surface area contributed by atoms with Crippen molar-refractivity contribution >= 4 is 11.6 Å². The smallest absolute Gasteiger partial charge is 0.273 e. The molecule has 0 spiro atoms. The van der Waals surface area contributed by atoms with E-state index >= 15 is 0 Å². The fourth-order valence-electron chi connectivity index (χ4n) is 2.64. The van der Waals surface area contributed by atoms with E-state index in [0.29, 0.717) is 0 Å². The SMILES string of the molecule is CO[C@@H](C(=O)NN=C1CCCCCCC1)c1ccccc1. The Hall–Kier alpha value is -1.68. The van der Waals surface area contributed by atoms with Crippen LogP contribution in [0.4, 0.5) is 0 Å². The van der Waals surface area contributed by atoms with Crippen LogP contribution < -0.4 is 5.43 Å². The van der Waals surface area contributed by atoms with Crippen molar-refractivity contribution in [1.29, 1.82) is 0 Å². The maximum atomic E-state index is 12.2. The Morgan fingerprint density at radius 3 is 2.33 bits per heavy atom. The number of carbonyl (C=O) groups excluding carboxylic acids is 1. The Labute approximate surface area is 126 Å². The van der Waals surface area contributed by atoms with E-state index in [4.69, 9.17) is 4.74 Å². The van der Waals surface area contributed by atoms with E-state index in [9.17, 15) is 4.79 Å². The molecule has 0 bridgehead atoms. The van der Waals surface area contributed by atoms with Gasteiger partial charge in [0.15, 0.2) is 6.10 Å². The van der Waals surface area contributed by atoms with Crippen LogP contribution in [0, 0.1) is 0 Å². The van der Waals surface area contributed by atoms with E-state index in [1.807, 2.05) is 30.3 Å². The van der Waals surface area contributed by atoms with Crippen molar-refractivity contribution < 1.29 is 9.53 Å². The molecule has 1 atom stereocenters. The Morgan fingerprint density at radius 2 is 1.71 bits per heavy atom. The standard InChI is InChI=1S/C17H24N2O2/c1-21-16(14-10-6-5-7-11-14)17(20)19-18-15-12-8-3-2-4-9-13-15/h5-7,10-11,16H,2-4,8-9,12-13H2,1H3,(H,19,20)/t16-/m1/s1. The highest BCUT2D eigenvalue weighted by Crippen LogP contribution is 2.17. The average molecular weight is 288 g/mol. The van der Waals surface area contributed by atoms with Gasteiger partial charge in [-0.1, -0.05) is 49.6 Å². The lowest BCUT2D eigenvalue weighted by Gasteiger charge is -2.15. The van der Waals surface area contributed by atoms with Crippen LogP contribution in [0.1, 0.15) is 56.6 Å². The quantitative estimate of drug-likeness (QED) is 0.861. The molecule has 0 aromatic heterocycles. The van der Waals surface area contributed by atoms with Gasteiger partial charge in [0.1, 0.15) is 0 Å². The monoisotopic (exact) mass is 288 g/mol. The Morgan fingerprint density at radius 1 is 1.10 bits per heavy atom. The first kappa shape index (κ1) is 15.7. The second-order valence-corrected chi connectivity index (χ2v) is 5.45. The van der Waals surface area contributed by atoms with Gasteiger partial charge < -0.3 is 4.74 Å². The van der Waals surface area contributed by atoms with Crippen molar-refractivity contribution in [2.45, 2.75) is 51.0 Å². The van der Waals surface area contributed by atoms with Crippen molar-refractivity contribution in [3.05, 3.63) is 35.9 Å². The van der Waals surface area contributed by atoms with Gasteiger partial charge >= 0.3 is 0 Å². The molecule has 1 fully saturated rings. The number of hydrogen-bond donors (Lipinski definition) is 1. The molecule has 1 aromatic carbocycles. The molecule has 4 nitrogen and oxygen atoms in total. The number of rotatable bonds is 4. The van der Waals surface area contributed by atoms with Crippen molar-refractivity contribution in [1.82, 2.24) is 5.43 Å². The van der Waals surface area contributed by atoms with Gasteiger partial charge in [0.05, 0.1) is 0 Å². The Kier molecular flexibility index (Phi) is 6.41. The summed E-state index contributed by atoms with van der Waals surface area (Å²) in [5, 5.41) is 4.32. The molecule has 0 heterocycles. The Balaban J connectivity index is 1.95. The lowest BCUT2D eigenvalue weighted by molar-refractivity contribution is -0.131. The number of amides is 1. The van der Waals surface area contributed by atoms with Gasteiger partial charge in [0.25, 0.3) is 5.91 Å². The van der Waals surface area contributed by atoms with Crippen LogP contribution in [0.5, 0.6) is 0 Å².